The summed E-state index contributed by atoms with van der Waals surface area (Å²) < 4.78 is 11.7. The first-order valence-corrected chi connectivity index (χ1v) is 8.01. The van der Waals surface area contributed by atoms with E-state index in [2.05, 4.69) is 23.3 Å². The minimum absolute atomic E-state index is 0.0900. The van der Waals surface area contributed by atoms with Crippen molar-refractivity contribution in [1.29, 1.82) is 0 Å². The number of aromatic nitrogens is 1. The third-order valence-corrected chi connectivity index (χ3v) is 4.17. The lowest BCUT2D eigenvalue weighted by molar-refractivity contribution is -0.0998. The molecule has 1 heterocycles. The van der Waals surface area contributed by atoms with Gasteiger partial charge < -0.3 is 14.8 Å². The van der Waals surface area contributed by atoms with Crippen LogP contribution in [0.1, 0.15) is 58.1 Å². The summed E-state index contributed by atoms with van der Waals surface area (Å²) in [7, 11) is 1.82. The van der Waals surface area contributed by atoms with Gasteiger partial charge in [-0.2, -0.15) is 0 Å². The van der Waals surface area contributed by atoms with Crippen molar-refractivity contribution >= 4 is 0 Å². The number of hydrogen-bond donors (Lipinski definition) is 1. The fraction of sp³-hybridized carbons (Fsp3) is 0.706. The zero-order chi connectivity index (χ0) is 15.3. The molecule has 1 aromatic rings. The van der Waals surface area contributed by atoms with Crippen LogP contribution in [0, 0.1) is 0 Å². The number of methoxy groups -OCH3 is 1. The first kappa shape index (κ1) is 16.2. The fourth-order valence-electron chi connectivity index (χ4n) is 2.96. The molecular formula is C17H28N2O2. The van der Waals surface area contributed by atoms with Crippen molar-refractivity contribution in [2.45, 2.75) is 64.2 Å². The Morgan fingerprint density at radius 1 is 1.33 bits per heavy atom. The smallest absolute Gasteiger partial charge is 0.138 e. The summed E-state index contributed by atoms with van der Waals surface area (Å²) >= 11 is 0. The molecule has 0 aliphatic heterocycles. The van der Waals surface area contributed by atoms with Gasteiger partial charge in [-0.15, -0.1) is 0 Å². The van der Waals surface area contributed by atoms with Gasteiger partial charge in [-0.1, -0.05) is 6.92 Å². The minimum atomic E-state index is -0.0900. The van der Waals surface area contributed by atoms with Gasteiger partial charge in [-0.3, -0.25) is 4.98 Å². The number of nitrogens with zero attached hydrogens (tertiary/aromatic N) is 1. The van der Waals surface area contributed by atoms with Gasteiger partial charge in [0, 0.05) is 13.3 Å². The first-order valence-electron chi connectivity index (χ1n) is 8.01. The molecule has 21 heavy (non-hydrogen) atoms. The lowest BCUT2D eigenvalue weighted by atomic mass is 9.72. The highest BCUT2D eigenvalue weighted by molar-refractivity contribution is 5.29. The monoisotopic (exact) mass is 292 g/mol. The summed E-state index contributed by atoms with van der Waals surface area (Å²) in [4.78, 5) is 4.35. The molecule has 118 valence electrons. The van der Waals surface area contributed by atoms with Gasteiger partial charge in [-0.25, -0.2) is 0 Å². The number of ether oxygens (including phenoxy) is 2. The van der Waals surface area contributed by atoms with Crippen LogP contribution in [-0.2, 0) is 4.74 Å². The molecule has 2 rings (SSSR count). The number of pyridine rings is 1. The largest absolute Gasteiger partial charge is 0.489 e. The second-order valence-corrected chi connectivity index (χ2v) is 6.13. The summed E-state index contributed by atoms with van der Waals surface area (Å²) in [6, 6.07) is 2.28. The van der Waals surface area contributed by atoms with Crippen LogP contribution < -0.4 is 10.1 Å². The Morgan fingerprint density at radius 2 is 2.10 bits per heavy atom. The summed E-state index contributed by atoms with van der Waals surface area (Å²) in [5.41, 5.74) is 1.07. The third-order valence-electron chi connectivity index (χ3n) is 4.17. The van der Waals surface area contributed by atoms with Crippen molar-refractivity contribution in [2.75, 3.05) is 13.7 Å². The maximum atomic E-state index is 5.88. The molecule has 0 bridgehead atoms. The molecule has 1 saturated carbocycles. The van der Waals surface area contributed by atoms with Gasteiger partial charge in [0.2, 0.25) is 0 Å². The van der Waals surface area contributed by atoms with Gasteiger partial charge in [-0.05, 0) is 57.7 Å². The Bertz CT molecular complexity index is 439. The van der Waals surface area contributed by atoms with Crippen molar-refractivity contribution in [3.63, 3.8) is 0 Å². The van der Waals surface area contributed by atoms with E-state index < -0.39 is 0 Å². The lowest BCUT2D eigenvalue weighted by Crippen LogP contribution is -2.50. The van der Waals surface area contributed by atoms with Crippen molar-refractivity contribution in [1.82, 2.24) is 10.3 Å². The van der Waals surface area contributed by atoms with Gasteiger partial charge in [0.1, 0.15) is 5.75 Å². The van der Waals surface area contributed by atoms with Crippen LogP contribution in [0.2, 0.25) is 0 Å². The Kier molecular flexibility index (Phi) is 5.59. The third kappa shape index (κ3) is 3.74. The highest BCUT2D eigenvalue weighted by Gasteiger charge is 2.45. The van der Waals surface area contributed by atoms with E-state index in [1.54, 1.807) is 6.20 Å². The van der Waals surface area contributed by atoms with Crippen LogP contribution >= 0.6 is 0 Å². The van der Waals surface area contributed by atoms with Crippen molar-refractivity contribution in [2.24, 2.45) is 0 Å². The molecule has 4 heteroatoms. The van der Waals surface area contributed by atoms with Crippen LogP contribution in [0.4, 0.5) is 0 Å². The average molecular weight is 292 g/mol. The number of hydrogen-bond acceptors (Lipinski definition) is 4. The number of nitrogens with one attached hydrogen (secondary N) is 1. The molecule has 1 aromatic heterocycles. The highest BCUT2D eigenvalue weighted by atomic mass is 16.5. The molecule has 0 amide bonds. The Morgan fingerprint density at radius 3 is 2.62 bits per heavy atom. The molecule has 1 unspecified atom stereocenters. The summed E-state index contributed by atoms with van der Waals surface area (Å²) in [5.74, 6) is 0.830. The molecule has 4 nitrogen and oxygen atoms in total. The molecule has 0 spiro atoms. The highest BCUT2D eigenvalue weighted by Crippen LogP contribution is 2.45. The van der Waals surface area contributed by atoms with Gasteiger partial charge in [0.25, 0.3) is 0 Å². The van der Waals surface area contributed by atoms with Gasteiger partial charge >= 0.3 is 0 Å². The Labute approximate surface area is 128 Å². The standard InChI is InChI=1S/C17H28N2O2/c1-5-9-19-16(17(20-4)7-6-8-17)14-10-15(12-18-11-14)21-13(2)3/h10-13,16,19H,5-9H2,1-4H3. The molecule has 0 radical (unpaired) electrons. The minimum Gasteiger partial charge on any atom is -0.489 e. The molecule has 1 aliphatic rings. The zero-order valence-electron chi connectivity index (χ0n) is 13.7. The second-order valence-electron chi connectivity index (χ2n) is 6.13. The maximum absolute atomic E-state index is 5.88. The van der Waals surface area contributed by atoms with Crippen LogP contribution in [0.25, 0.3) is 0 Å². The van der Waals surface area contributed by atoms with E-state index in [0.717, 1.165) is 37.1 Å². The van der Waals surface area contributed by atoms with Crippen molar-refractivity contribution in [3.8, 4) is 5.75 Å². The van der Waals surface area contributed by atoms with E-state index in [0.29, 0.717) is 0 Å². The summed E-state index contributed by atoms with van der Waals surface area (Å²) in [6.45, 7) is 7.22. The van der Waals surface area contributed by atoms with Crippen LogP contribution in [0.3, 0.4) is 0 Å². The van der Waals surface area contributed by atoms with E-state index in [1.165, 1.54) is 6.42 Å². The van der Waals surface area contributed by atoms with E-state index in [9.17, 15) is 0 Å². The van der Waals surface area contributed by atoms with E-state index in [4.69, 9.17) is 9.47 Å². The van der Waals surface area contributed by atoms with Crippen molar-refractivity contribution < 1.29 is 9.47 Å². The van der Waals surface area contributed by atoms with Crippen LogP contribution in [0.5, 0.6) is 5.75 Å². The van der Waals surface area contributed by atoms with Crippen LogP contribution in [-0.4, -0.2) is 30.3 Å². The SMILES string of the molecule is CCCNC(c1cncc(OC(C)C)c1)C1(OC)CCC1. The molecule has 1 fully saturated rings. The van der Waals surface area contributed by atoms with E-state index in [1.807, 2.05) is 27.2 Å². The van der Waals surface area contributed by atoms with E-state index in [-0.39, 0.29) is 17.7 Å². The predicted molar refractivity (Wildman–Crippen MR) is 84.6 cm³/mol. The predicted octanol–water partition coefficient (Wildman–Crippen LogP) is 3.48. The Balaban J connectivity index is 2.23. The molecule has 0 saturated heterocycles. The Hall–Kier alpha value is -1.13. The van der Waals surface area contributed by atoms with Crippen LogP contribution in [0.15, 0.2) is 18.5 Å². The van der Waals surface area contributed by atoms with E-state index >= 15 is 0 Å². The average Bonchev–Trinajstić information content (AvgIpc) is 2.41. The normalized spacial score (nSPS) is 18.3. The molecule has 1 N–H and O–H groups in total. The quantitative estimate of drug-likeness (QED) is 0.796. The second kappa shape index (κ2) is 7.23. The van der Waals surface area contributed by atoms with Crippen molar-refractivity contribution in [3.05, 3.63) is 24.0 Å². The first-order chi connectivity index (χ1) is 10.1. The zero-order valence-corrected chi connectivity index (χ0v) is 13.7. The molecular weight excluding hydrogens is 264 g/mol. The molecule has 1 atom stereocenters. The fourth-order valence-corrected chi connectivity index (χ4v) is 2.96. The van der Waals surface area contributed by atoms with Gasteiger partial charge in [0.05, 0.1) is 23.9 Å². The maximum Gasteiger partial charge on any atom is 0.138 e. The molecule has 1 aliphatic carbocycles. The van der Waals surface area contributed by atoms with Gasteiger partial charge in [0.15, 0.2) is 0 Å². The summed E-state index contributed by atoms with van der Waals surface area (Å²) in [5, 5.41) is 3.64. The topological polar surface area (TPSA) is 43.4 Å². The lowest BCUT2D eigenvalue weighted by Gasteiger charge is -2.47. The summed E-state index contributed by atoms with van der Waals surface area (Å²) in [6.07, 6.45) is 8.39. The molecule has 0 aromatic carbocycles. The number of rotatable bonds is 8.